The molecule has 1 unspecified atom stereocenters. The maximum atomic E-state index is 13.2. The molecule has 3 aromatic rings. The topological polar surface area (TPSA) is 137 Å². The fraction of sp³-hybridized carbons (Fsp3) is 0.208. The first-order chi connectivity index (χ1) is 16.6. The van der Waals surface area contributed by atoms with Crippen molar-refractivity contribution in [1.82, 2.24) is 4.72 Å². The van der Waals surface area contributed by atoms with Crippen molar-refractivity contribution in [3.8, 4) is 11.5 Å². The van der Waals surface area contributed by atoms with E-state index in [4.69, 9.17) is 9.47 Å². The zero-order valence-corrected chi connectivity index (χ0v) is 20.2. The Balaban J connectivity index is 1.93. The number of anilines is 1. The number of carbonyl (C=O) groups excluding carboxylic acids is 1. The van der Waals surface area contributed by atoms with Crippen LogP contribution < -0.4 is 19.5 Å². The van der Waals surface area contributed by atoms with Crippen molar-refractivity contribution < 1.29 is 27.6 Å². The Hall–Kier alpha value is -3.96. The second-order valence-electron chi connectivity index (χ2n) is 7.63. The molecule has 184 valence electrons. The lowest BCUT2D eigenvalue weighted by Gasteiger charge is -2.20. The second kappa shape index (κ2) is 11.0. The molecule has 0 aliphatic carbocycles. The molecule has 0 spiro atoms. The van der Waals surface area contributed by atoms with E-state index in [1.165, 1.54) is 50.6 Å². The van der Waals surface area contributed by atoms with E-state index in [-0.39, 0.29) is 28.4 Å². The molecule has 11 heteroatoms. The quantitative estimate of drug-likeness (QED) is 0.322. The van der Waals surface area contributed by atoms with Crippen LogP contribution in [-0.2, 0) is 21.2 Å². The number of aryl methyl sites for hydroxylation is 1. The summed E-state index contributed by atoms with van der Waals surface area (Å²) in [4.78, 5) is 23.7. The summed E-state index contributed by atoms with van der Waals surface area (Å²) in [6.45, 7) is 1.68. The molecule has 0 saturated heterocycles. The summed E-state index contributed by atoms with van der Waals surface area (Å²) in [5.74, 6) is -0.0978. The Kier molecular flexibility index (Phi) is 8.05. The van der Waals surface area contributed by atoms with Crippen LogP contribution in [0.4, 0.5) is 11.4 Å². The molecule has 35 heavy (non-hydrogen) atoms. The molecule has 3 rings (SSSR count). The molecule has 2 N–H and O–H groups in total. The second-order valence-corrected chi connectivity index (χ2v) is 9.34. The fourth-order valence-electron chi connectivity index (χ4n) is 3.35. The molecule has 3 aromatic carbocycles. The van der Waals surface area contributed by atoms with E-state index in [9.17, 15) is 23.3 Å². The van der Waals surface area contributed by atoms with Crippen LogP contribution in [-0.4, -0.2) is 39.5 Å². The Morgan fingerprint density at radius 2 is 1.69 bits per heavy atom. The molecule has 10 nitrogen and oxygen atoms in total. The van der Waals surface area contributed by atoms with Crippen molar-refractivity contribution in [1.29, 1.82) is 0 Å². The summed E-state index contributed by atoms with van der Waals surface area (Å²) < 4.78 is 39.2. The lowest BCUT2D eigenvalue weighted by molar-refractivity contribution is -0.384. The zero-order valence-electron chi connectivity index (χ0n) is 19.3. The van der Waals surface area contributed by atoms with Gasteiger partial charge in [0.25, 0.3) is 5.69 Å². The van der Waals surface area contributed by atoms with Gasteiger partial charge in [-0.1, -0.05) is 36.4 Å². The minimum absolute atomic E-state index is 0.0488. The molecule has 0 fully saturated rings. The van der Waals surface area contributed by atoms with Crippen molar-refractivity contribution in [3.05, 3.63) is 88.0 Å². The summed E-state index contributed by atoms with van der Waals surface area (Å²) >= 11 is 0. The van der Waals surface area contributed by atoms with Crippen LogP contribution in [0.3, 0.4) is 0 Å². The van der Waals surface area contributed by atoms with E-state index < -0.39 is 26.9 Å². The minimum atomic E-state index is -4.16. The summed E-state index contributed by atoms with van der Waals surface area (Å²) in [6.07, 6.45) is 0.0488. The number of amides is 1. The van der Waals surface area contributed by atoms with Crippen LogP contribution >= 0.6 is 0 Å². The van der Waals surface area contributed by atoms with Crippen molar-refractivity contribution in [2.45, 2.75) is 24.3 Å². The van der Waals surface area contributed by atoms with E-state index in [1.54, 1.807) is 37.3 Å². The Labute approximate surface area is 203 Å². The van der Waals surface area contributed by atoms with Crippen LogP contribution in [0.25, 0.3) is 0 Å². The number of nitro benzene ring substituents is 1. The molecule has 0 aliphatic heterocycles. The summed E-state index contributed by atoms with van der Waals surface area (Å²) in [5.41, 5.74) is 1.33. The van der Waals surface area contributed by atoms with Crippen LogP contribution in [0.2, 0.25) is 0 Å². The number of sulfonamides is 1. The van der Waals surface area contributed by atoms with Crippen LogP contribution in [0.1, 0.15) is 11.1 Å². The number of carbonyl (C=O) groups is 1. The number of nitro groups is 1. The molecule has 0 saturated carbocycles. The molecular weight excluding hydrogens is 474 g/mol. The summed E-state index contributed by atoms with van der Waals surface area (Å²) in [6, 6.07) is 15.8. The molecule has 0 bridgehead atoms. The number of nitrogens with zero attached hydrogens (tertiary/aromatic N) is 1. The van der Waals surface area contributed by atoms with Gasteiger partial charge in [0, 0.05) is 18.2 Å². The number of hydrogen-bond donors (Lipinski definition) is 2. The van der Waals surface area contributed by atoms with Crippen molar-refractivity contribution in [2.24, 2.45) is 0 Å². The largest absolute Gasteiger partial charge is 0.493 e. The minimum Gasteiger partial charge on any atom is -0.493 e. The number of ether oxygens (including phenoxy) is 2. The first-order valence-corrected chi connectivity index (χ1v) is 12.0. The molecule has 0 heterocycles. The number of non-ortho nitro benzene ring substituents is 1. The van der Waals surface area contributed by atoms with E-state index in [0.717, 1.165) is 5.56 Å². The molecule has 1 atom stereocenters. The van der Waals surface area contributed by atoms with Gasteiger partial charge in [-0.2, -0.15) is 4.72 Å². The summed E-state index contributed by atoms with van der Waals surface area (Å²) in [7, 11) is -1.35. The zero-order chi connectivity index (χ0) is 25.6. The van der Waals surface area contributed by atoms with Gasteiger partial charge in [-0.25, -0.2) is 8.42 Å². The predicted octanol–water partition coefficient (Wildman–Crippen LogP) is 3.45. The lowest BCUT2D eigenvalue weighted by Crippen LogP contribution is -2.45. The summed E-state index contributed by atoms with van der Waals surface area (Å²) in [5, 5.41) is 13.8. The first kappa shape index (κ1) is 25.7. The fourth-order valence-corrected chi connectivity index (χ4v) is 4.57. The van der Waals surface area contributed by atoms with E-state index in [2.05, 4.69) is 10.0 Å². The SMILES string of the molecule is COc1ccc(S(=O)(=O)NC(Cc2ccccc2)C(=O)Nc2cc([N+](=O)[O-])ccc2C)cc1OC. The number of hydrogen-bond acceptors (Lipinski definition) is 7. The van der Waals surface area contributed by atoms with Crippen LogP contribution in [0.15, 0.2) is 71.6 Å². The third-order valence-corrected chi connectivity index (χ3v) is 6.72. The Morgan fingerprint density at radius 3 is 2.31 bits per heavy atom. The molecule has 1 amide bonds. The first-order valence-electron chi connectivity index (χ1n) is 10.5. The molecular formula is C24H25N3O7S. The highest BCUT2D eigenvalue weighted by Gasteiger charge is 2.28. The number of nitrogens with one attached hydrogen (secondary N) is 2. The third-order valence-electron chi connectivity index (χ3n) is 5.25. The molecule has 0 aromatic heterocycles. The average molecular weight is 500 g/mol. The average Bonchev–Trinajstić information content (AvgIpc) is 2.84. The van der Waals surface area contributed by atoms with Gasteiger partial charge < -0.3 is 14.8 Å². The van der Waals surface area contributed by atoms with Gasteiger partial charge in [-0.15, -0.1) is 0 Å². The highest BCUT2D eigenvalue weighted by Crippen LogP contribution is 2.29. The highest BCUT2D eigenvalue weighted by molar-refractivity contribution is 7.89. The van der Waals surface area contributed by atoms with Gasteiger partial charge in [0.2, 0.25) is 15.9 Å². The predicted molar refractivity (Wildman–Crippen MR) is 130 cm³/mol. The molecule has 0 radical (unpaired) electrons. The van der Waals surface area contributed by atoms with Gasteiger partial charge in [0.05, 0.1) is 29.7 Å². The van der Waals surface area contributed by atoms with Crippen molar-refractivity contribution in [2.75, 3.05) is 19.5 Å². The Morgan fingerprint density at radius 1 is 1.00 bits per heavy atom. The van der Waals surface area contributed by atoms with E-state index in [1.807, 2.05) is 0 Å². The number of benzene rings is 3. The van der Waals surface area contributed by atoms with Gasteiger partial charge in [-0.3, -0.25) is 14.9 Å². The van der Waals surface area contributed by atoms with Gasteiger partial charge >= 0.3 is 0 Å². The maximum absolute atomic E-state index is 13.2. The Bertz CT molecular complexity index is 1330. The van der Waals surface area contributed by atoms with Crippen LogP contribution in [0, 0.1) is 17.0 Å². The third kappa shape index (κ3) is 6.34. The van der Waals surface area contributed by atoms with Gasteiger partial charge in [-0.05, 0) is 36.6 Å². The smallest absolute Gasteiger partial charge is 0.271 e. The van der Waals surface area contributed by atoms with Crippen molar-refractivity contribution >= 4 is 27.3 Å². The van der Waals surface area contributed by atoms with Crippen LogP contribution in [0.5, 0.6) is 11.5 Å². The van der Waals surface area contributed by atoms with Gasteiger partial charge in [0.15, 0.2) is 11.5 Å². The lowest BCUT2D eigenvalue weighted by atomic mass is 10.1. The maximum Gasteiger partial charge on any atom is 0.271 e. The normalized spacial score (nSPS) is 12.0. The van der Waals surface area contributed by atoms with Crippen molar-refractivity contribution in [3.63, 3.8) is 0 Å². The van der Waals surface area contributed by atoms with E-state index in [0.29, 0.717) is 11.3 Å². The monoisotopic (exact) mass is 499 g/mol. The number of rotatable bonds is 10. The molecule has 0 aliphatic rings. The van der Waals surface area contributed by atoms with E-state index >= 15 is 0 Å². The standard InChI is InChI=1S/C24H25N3O7S/c1-16-9-10-18(27(29)30)14-20(16)25-24(28)21(13-17-7-5-4-6-8-17)26-35(31,32)19-11-12-22(33-2)23(15-19)34-3/h4-12,14-15,21,26H,13H2,1-3H3,(H,25,28). The number of methoxy groups -OCH3 is 2. The highest BCUT2D eigenvalue weighted by atomic mass is 32.2. The van der Waals surface area contributed by atoms with Gasteiger partial charge in [0.1, 0.15) is 6.04 Å².